The fourth-order valence-corrected chi connectivity index (χ4v) is 2.52. The van der Waals surface area contributed by atoms with Gasteiger partial charge in [-0.2, -0.15) is 0 Å². The van der Waals surface area contributed by atoms with Gasteiger partial charge in [0.25, 0.3) is 5.91 Å². The Morgan fingerprint density at radius 2 is 2.09 bits per heavy atom. The molecule has 22 heavy (non-hydrogen) atoms. The highest BCUT2D eigenvalue weighted by Gasteiger charge is 2.49. The SMILES string of the molecule is CCOCCN1C(=NCCOC)NC2C1C(=O)NC(=O)N2C. The van der Waals surface area contributed by atoms with Gasteiger partial charge in [-0.1, -0.05) is 0 Å². The molecule has 3 amide bonds. The molecule has 0 saturated carbocycles. The molecule has 2 unspecified atom stereocenters. The van der Waals surface area contributed by atoms with Gasteiger partial charge in [-0.3, -0.25) is 15.1 Å². The summed E-state index contributed by atoms with van der Waals surface area (Å²) in [6.07, 6.45) is -0.427. The van der Waals surface area contributed by atoms with Crippen molar-refractivity contribution < 1.29 is 19.1 Å². The first kappa shape index (κ1) is 16.5. The average molecular weight is 313 g/mol. The van der Waals surface area contributed by atoms with Gasteiger partial charge < -0.3 is 24.6 Å². The molecule has 0 aromatic carbocycles. The van der Waals surface area contributed by atoms with E-state index in [0.717, 1.165) is 0 Å². The van der Waals surface area contributed by atoms with Gasteiger partial charge in [-0.15, -0.1) is 0 Å². The predicted octanol–water partition coefficient (Wildman–Crippen LogP) is -1.19. The number of rotatable bonds is 7. The van der Waals surface area contributed by atoms with E-state index in [4.69, 9.17) is 9.47 Å². The van der Waals surface area contributed by atoms with Crippen LogP contribution in [0.5, 0.6) is 0 Å². The van der Waals surface area contributed by atoms with Gasteiger partial charge in [-0.05, 0) is 6.92 Å². The number of hydrogen-bond donors (Lipinski definition) is 2. The van der Waals surface area contributed by atoms with Crippen LogP contribution in [0.2, 0.25) is 0 Å². The molecule has 0 bridgehead atoms. The number of urea groups is 1. The topological polar surface area (TPSA) is 95.5 Å². The van der Waals surface area contributed by atoms with Crippen LogP contribution in [0.4, 0.5) is 4.79 Å². The molecule has 9 nitrogen and oxygen atoms in total. The second kappa shape index (κ2) is 7.41. The second-order valence-corrected chi connectivity index (χ2v) is 5.03. The summed E-state index contributed by atoms with van der Waals surface area (Å²) in [6.45, 7) is 4.48. The first-order valence-corrected chi connectivity index (χ1v) is 7.32. The van der Waals surface area contributed by atoms with Crippen molar-refractivity contribution in [2.45, 2.75) is 19.1 Å². The van der Waals surface area contributed by atoms with E-state index in [0.29, 0.717) is 38.9 Å². The molecule has 9 heteroatoms. The molecule has 124 valence electrons. The Balaban J connectivity index is 2.16. The largest absolute Gasteiger partial charge is 0.383 e. The van der Waals surface area contributed by atoms with Crippen molar-refractivity contribution in [2.24, 2.45) is 4.99 Å². The van der Waals surface area contributed by atoms with Gasteiger partial charge in [0.1, 0.15) is 6.17 Å². The monoisotopic (exact) mass is 313 g/mol. The number of imide groups is 1. The fourth-order valence-electron chi connectivity index (χ4n) is 2.52. The number of nitrogens with zero attached hydrogens (tertiary/aromatic N) is 3. The fraction of sp³-hybridized carbons (Fsp3) is 0.769. The van der Waals surface area contributed by atoms with E-state index in [1.807, 2.05) is 11.8 Å². The molecule has 2 N–H and O–H groups in total. The number of aliphatic imine (C=N–C) groups is 1. The minimum absolute atomic E-state index is 0.325. The molecule has 2 heterocycles. The number of amides is 3. The maximum Gasteiger partial charge on any atom is 0.325 e. The summed E-state index contributed by atoms with van der Waals surface area (Å²) in [5.41, 5.74) is 0. The summed E-state index contributed by atoms with van der Waals surface area (Å²) in [5.74, 6) is 0.262. The van der Waals surface area contributed by atoms with Crippen molar-refractivity contribution in [1.82, 2.24) is 20.4 Å². The Bertz CT molecular complexity index is 456. The highest BCUT2D eigenvalue weighted by atomic mass is 16.5. The molecule has 2 atom stereocenters. The van der Waals surface area contributed by atoms with Gasteiger partial charge in [0.05, 0.1) is 19.8 Å². The maximum absolute atomic E-state index is 12.2. The minimum Gasteiger partial charge on any atom is -0.383 e. The highest BCUT2D eigenvalue weighted by molar-refractivity contribution is 6.04. The zero-order valence-electron chi connectivity index (χ0n) is 13.2. The summed E-state index contributed by atoms with van der Waals surface area (Å²) in [6, 6.07) is -0.925. The zero-order chi connectivity index (χ0) is 16.1. The van der Waals surface area contributed by atoms with E-state index >= 15 is 0 Å². The Labute approximate surface area is 129 Å². The number of ether oxygens (including phenoxy) is 2. The Kier molecular flexibility index (Phi) is 5.56. The lowest BCUT2D eigenvalue weighted by Gasteiger charge is -2.35. The number of guanidine groups is 1. The number of nitrogens with one attached hydrogen (secondary N) is 2. The van der Waals surface area contributed by atoms with E-state index in [2.05, 4.69) is 15.6 Å². The van der Waals surface area contributed by atoms with Crippen molar-refractivity contribution in [3.05, 3.63) is 0 Å². The lowest BCUT2D eigenvalue weighted by atomic mass is 10.1. The van der Waals surface area contributed by atoms with Crippen LogP contribution in [-0.4, -0.2) is 87.0 Å². The molecule has 2 fully saturated rings. The normalized spacial score (nSPS) is 26.2. The summed E-state index contributed by atoms with van der Waals surface area (Å²) in [5, 5.41) is 5.50. The maximum atomic E-state index is 12.2. The number of hydrogen-bond acceptors (Lipinski definition) is 5. The molecular formula is C13H23N5O4. The Morgan fingerprint density at radius 1 is 1.32 bits per heavy atom. The quantitative estimate of drug-likeness (QED) is 0.574. The standard InChI is InChI=1S/C13H23N5O4/c1-4-22-8-6-18-9-10(15-12(18)14-5-7-21-3)17(2)13(20)16-11(9)19/h9-10H,4-8H2,1-3H3,(H,14,15)(H,16,19,20). The van der Waals surface area contributed by atoms with E-state index in [-0.39, 0.29) is 5.91 Å². The third-order valence-electron chi connectivity index (χ3n) is 3.66. The molecule has 2 rings (SSSR count). The number of methoxy groups -OCH3 is 1. The molecule has 0 aromatic heterocycles. The smallest absolute Gasteiger partial charge is 0.325 e. The third-order valence-corrected chi connectivity index (χ3v) is 3.66. The molecule has 2 aliphatic rings. The Morgan fingerprint density at radius 3 is 2.77 bits per heavy atom. The van der Waals surface area contributed by atoms with Crippen LogP contribution in [0.1, 0.15) is 6.92 Å². The lowest BCUT2D eigenvalue weighted by Crippen LogP contribution is -2.65. The van der Waals surface area contributed by atoms with Gasteiger partial charge >= 0.3 is 6.03 Å². The van der Waals surface area contributed by atoms with Crippen molar-refractivity contribution in [1.29, 1.82) is 0 Å². The van der Waals surface area contributed by atoms with Crippen molar-refractivity contribution in [3.8, 4) is 0 Å². The number of carbonyl (C=O) groups excluding carboxylic acids is 2. The van der Waals surface area contributed by atoms with E-state index < -0.39 is 18.2 Å². The van der Waals surface area contributed by atoms with E-state index in [1.54, 1.807) is 14.2 Å². The van der Waals surface area contributed by atoms with Crippen LogP contribution in [0, 0.1) is 0 Å². The first-order chi connectivity index (χ1) is 10.6. The number of fused-ring (bicyclic) bond motifs is 1. The molecule has 0 radical (unpaired) electrons. The second-order valence-electron chi connectivity index (χ2n) is 5.03. The third kappa shape index (κ3) is 3.30. The molecule has 2 aliphatic heterocycles. The highest BCUT2D eigenvalue weighted by Crippen LogP contribution is 2.20. The number of likely N-dealkylation sites (N-methyl/N-ethyl adjacent to an activating group) is 1. The average Bonchev–Trinajstić information content (AvgIpc) is 2.85. The summed E-state index contributed by atoms with van der Waals surface area (Å²) in [4.78, 5) is 31.7. The van der Waals surface area contributed by atoms with Gasteiger partial charge in [0, 0.05) is 27.3 Å². The van der Waals surface area contributed by atoms with Gasteiger partial charge in [0.15, 0.2) is 12.0 Å². The van der Waals surface area contributed by atoms with Crippen LogP contribution in [0.15, 0.2) is 4.99 Å². The van der Waals surface area contributed by atoms with Gasteiger partial charge in [-0.25, -0.2) is 4.79 Å². The van der Waals surface area contributed by atoms with Crippen LogP contribution >= 0.6 is 0 Å². The molecule has 0 aliphatic carbocycles. The predicted molar refractivity (Wildman–Crippen MR) is 79.4 cm³/mol. The summed E-state index contributed by atoms with van der Waals surface area (Å²) >= 11 is 0. The molecule has 2 saturated heterocycles. The molecule has 0 aromatic rings. The summed E-state index contributed by atoms with van der Waals surface area (Å²) in [7, 11) is 3.25. The Hall–Kier alpha value is -1.87. The van der Waals surface area contributed by atoms with Crippen molar-refractivity contribution in [3.63, 3.8) is 0 Å². The zero-order valence-corrected chi connectivity index (χ0v) is 13.2. The molecule has 0 spiro atoms. The minimum atomic E-state index is -0.510. The van der Waals surface area contributed by atoms with Crippen molar-refractivity contribution in [2.75, 3.05) is 47.1 Å². The van der Waals surface area contributed by atoms with Gasteiger partial charge in [0.2, 0.25) is 0 Å². The number of carbonyl (C=O) groups is 2. The van der Waals surface area contributed by atoms with Crippen molar-refractivity contribution >= 4 is 17.9 Å². The lowest BCUT2D eigenvalue weighted by molar-refractivity contribution is -0.127. The first-order valence-electron chi connectivity index (χ1n) is 7.32. The van der Waals surface area contributed by atoms with Crippen LogP contribution in [-0.2, 0) is 14.3 Å². The van der Waals surface area contributed by atoms with Crippen LogP contribution in [0.25, 0.3) is 0 Å². The van der Waals surface area contributed by atoms with Crippen LogP contribution < -0.4 is 10.6 Å². The van der Waals surface area contributed by atoms with E-state index in [1.165, 1.54) is 4.90 Å². The van der Waals surface area contributed by atoms with Crippen LogP contribution in [0.3, 0.4) is 0 Å². The van der Waals surface area contributed by atoms with E-state index in [9.17, 15) is 9.59 Å². The summed E-state index contributed by atoms with van der Waals surface area (Å²) < 4.78 is 10.4. The molecular weight excluding hydrogens is 290 g/mol.